The van der Waals surface area contributed by atoms with Gasteiger partial charge in [0.05, 0.1) is 0 Å². The molecule has 18 heavy (non-hydrogen) atoms. The highest BCUT2D eigenvalue weighted by Gasteiger charge is 2.15. The molecule has 4 heteroatoms. The van der Waals surface area contributed by atoms with E-state index in [1.54, 1.807) is 12.1 Å². The molecule has 0 heterocycles. The maximum absolute atomic E-state index is 12.0. The molecule has 98 valence electrons. The number of rotatable bonds is 4. The zero-order valence-electron chi connectivity index (χ0n) is 9.98. The summed E-state index contributed by atoms with van der Waals surface area (Å²) in [4.78, 5) is 0. The molecule has 2 nitrogen and oxygen atoms in total. The van der Waals surface area contributed by atoms with E-state index in [0.29, 0.717) is 5.56 Å². The molecule has 0 aliphatic heterocycles. The molecule has 1 unspecified atom stereocenters. The van der Waals surface area contributed by atoms with Crippen molar-refractivity contribution in [2.45, 2.75) is 38.4 Å². The van der Waals surface area contributed by atoms with E-state index in [0.717, 1.165) is 31.3 Å². The molecule has 0 spiro atoms. The lowest BCUT2D eigenvalue weighted by Crippen LogP contribution is -2.05. The molecule has 1 aromatic rings. The molecule has 0 aromatic heterocycles. The van der Waals surface area contributed by atoms with Crippen LogP contribution in [0, 0.1) is 0 Å². The highest BCUT2D eigenvalue weighted by molar-refractivity contribution is 5.32. The summed E-state index contributed by atoms with van der Waals surface area (Å²) in [6, 6.07) is 6.15. The topological polar surface area (TPSA) is 29.5 Å². The lowest BCUT2D eigenvalue weighted by molar-refractivity contribution is -0.0498. The van der Waals surface area contributed by atoms with Crippen LogP contribution in [-0.4, -0.2) is 11.7 Å². The van der Waals surface area contributed by atoms with Crippen LogP contribution < -0.4 is 4.74 Å². The minimum atomic E-state index is -2.82. The van der Waals surface area contributed by atoms with Gasteiger partial charge in [0, 0.05) is 0 Å². The lowest BCUT2D eigenvalue weighted by atomic mass is 9.92. The smallest absolute Gasteiger partial charge is 0.387 e. The number of ether oxygens (including phenoxy) is 1. The predicted molar refractivity (Wildman–Crippen MR) is 64.6 cm³/mol. The number of hydrogen-bond acceptors (Lipinski definition) is 2. The van der Waals surface area contributed by atoms with Crippen LogP contribution in [0.3, 0.4) is 0 Å². The first-order valence-corrected chi connectivity index (χ1v) is 6.08. The Morgan fingerprint density at radius 2 is 1.83 bits per heavy atom. The molecular weight excluding hydrogens is 238 g/mol. The average Bonchev–Trinajstić information content (AvgIpc) is 2.39. The van der Waals surface area contributed by atoms with E-state index in [1.807, 2.05) is 0 Å². The van der Waals surface area contributed by atoms with E-state index in [2.05, 4.69) is 10.8 Å². The van der Waals surface area contributed by atoms with Crippen molar-refractivity contribution in [3.63, 3.8) is 0 Å². The van der Waals surface area contributed by atoms with Crippen LogP contribution in [0.1, 0.15) is 37.4 Å². The molecule has 0 amide bonds. The van der Waals surface area contributed by atoms with Crippen molar-refractivity contribution in [2.75, 3.05) is 0 Å². The summed E-state index contributed by atoms with van der Waals surface area (Å²) in [6.45, 7) is -2.82. The highest BCUT2D eigenvalue weighted by atomic mass is 19.3. The van der Waals surface area contributed by atoms with E-state index in [9.17, 15) is 13.9 Å². The van der Waals surface area contributed by atoms with Gasteiger partial charge in [-0.1, -0.05) is 18.2 Å². The summed E-state index contributed by atoms with van der Waals surface area (Å²) < 4.78 is 28.2. The van der Waals surface area contributed by atoms with E-state index < -0.39 is 12.7 Å². The minimum absolute atomic E-state index is 0.110. The van der Waals surface area contributed by atoms with Crippen molar-refractivity contribution in [1.29, 1.82) is 0 Å². The van der Waals surface area contributed by atoms with Crippen LogP contribution in [0.4, 0.5) is 8.78 Å². The zero-order valence-corrected chi connectivity index (χ0v) is 9.98. The number of aliphatic hydroxyl groups is 1. The van der Waals surface area contributed by atoms with Crippen LogP contribution in [-0.2, 0) is 0 Å². The Hall–Kier alpha value is -1.42. The van der Waals surface area contributed by atoms with Gasteiger partial charge in [0.1, 0.15) is 11.9 Å². The van der Waals surface area contributed by atoms with Crippen LogP contribution >= 0.6 is 0 Å². The quantitative estimate of drug-likeness (QED) is 0.828. The molecule has 0 saturated carbocycles. The monoisotopic (exact) mass is 254 g/mol. The molecule has 1 aromatic carbocycles. The SMILES string of the molecule is OC(C1=CCCCC1)c1ccc(OC(F)F)cc1. The summed E-state index contributed by atoms with van der Waals surface area (Å²) in [7, 11) is 0. The first-order chi connectivity index (χ1) is 8.66. The molecule has 2 rings (SSSR count). The number of benzene rings is 1. The fourth-order valence-corrected chi connectivity index (χ4v) is 2.16. The van der Waals surface area contributed by atoms with Crippen molar-refractivity contribution in [3.8, 4) is 5.75 Å². The highest BCUT2D eigenvalue weighted by Crippen LogP contribution is 2.30. The fourth-order valence-electron chi connectivity index (χ4n) is 2.16. The third kappa shape index (κ3) is 3.29. The second-order valence-corrected chi connectivity index (χ2v) is 4.37. The predicted octanol–water partition coefficient (Wildman–Crippen LogP) is 3.82. The summed E-state index contributed by atoms with van der Waals surface area (Å²) in [5.41, 5.74) is 1.73. The standard InChI is InChI=1S/C14H16F2O2/c15-14(16)18-12-8-6-11(7-9-12)13(17)10-4-2-1-3-5-10/h4,6-9,13-14,17H,1-3,5H2. The van der Waals surface area contributed by atoms with Crippen molar-refractivity contribution >= 4 is 0 Å². The van der Waals surface area contributed by atoms with E-state index >= 15 is 0 Å². The van der Waals surface area contributed by atoms with E-state index in [-0.39, 0.29) is 5.75 Å². The Kier molecular flexibility index (Phi) is 4.31. The van der Waals surface area contributed by atoms with Gasteiger partial charge in [0.15, 0.2) is 0 Å². The Balaban J connectivity index is 2.06. The zero-order chi connectivity index (χ0) is 13.0. The molecule has 0 fully saturated rings. The molecule has 0 radical (unpaired) electrons. The maximum atomic E-state index is 12.0. The molecule has 1 aliphatic rings. The van der Waals surface area contributed by atoms with Crippen LogP contribution in [0.15, 0.2) is 35.9 Å². The van der Waals surface area contributed by atoms with Crippen molar-refractivity contribution < 1.29 is 18.6 Å². The summed E-state index contributed by atoms with van der Waals surface area (Å²) >= 11 is 0. The molecule has 1 atom stereocenters. The summed E-state index contributed by atoms with van der Waals surface area (Å²) in [5.74, 6) is 0.110. The van der Waals surface area contributed by atoms with Gasteiger partial charge >= 0.3 is 6.61 Å². The van der Waals surface area contributed by atoms with Gasteiger partial charge in [0.25, 0.3) is 0 Å². The normalized spacial score (nSPS) is 17.4. The lowest BCUT2D eigenvalue weighted by Gasteiger charge is -2.19. The second-order valence-electron chi connectivity index (χ2n) is 4.37. The Bertz CT molecular complexity index is 412. The van der Waals surface area contributed by atoms with Gasteiger partial charge in [-0.05, 0) is 49.0 Å². The molecule has 1 N–H and O–H groups in total. The average molecular weight is 254 g/mol. The Labute approximate surface area is 105 Å². The van der Waals surface area contributed by atoms with Gasteiger partial charge < -0.3 is 9.84 Å². The third-order valence-corrected chi connectivity index (χ3v) is 3.10. The third-order valence-electron chi connectivity index (χ3n) is 3.10. The van der Waals surface area contributed by atoms with Crippen LogP contribution in [0.5, 0.6) is 5.75 Å². The number of hydrogen-bond donors (Lipinski definition) is 1. The van der Waals surface area contributed by atoms with Gasteiger partial charge in [-0.3, -0.25) is 0 Å². The minimum Gasteiger partial charge on any atom is -0.435 e. The first kappa shape index (κ1) is 13.0. The molecule has 0 bridgehead atoms. The van der Waals surface area contributed by atoms with Gasteiger partial charge in [-0.15, -0.1) is 0 Å². The number of allylic oxidation sites excluding steroid dienone is 1. The molecule has 0 saturated heterocycles. The van der Waals surface area contributed by atoms with Crippen molar-refractivity contribution in [1.82, 2.24) is 0 Å². The Morgan fingerprint density at radius 3 is 2.39 bits per heavy atom. The fraction of sp³-hybridized carbons (Fsp3) is 0.429. The van der Waals surface area contributed by atoms with Gasteiger partial charge in [-0.2, -0.15) is 8.78 Å². The second kappa shape index (κ2) is 5.96. The summed E-state index contributed by atoms with van der Waals surface area (Å²) in [5, 5.41) is 10.2. The number of alkyl halides is 2. The summed E-state index contributed by atoms with van der Waals surface area (Å²) in [6.07, 6.45) is 5.59. The largest absolute Gasteiger partial charge is 0.435 e. The molecular formula is C14H16F2O2. The van der Waals surface area contributed by atoms with Crippen LogP contribution in [0.2, 0.25) is 0 Å². The van der Waals surface area contributed by atoms with Gasteiger partial charge in [-0.25, -0.2) is 0 Å². The number of aliphatic hydroxyl groups excluding tert-OH is 1. The molecule has 1 aliphatic carbocycles. The van der Waals surface area contributed by atoms with E-state index in [4.69, 9.17) is 0 Å². The first-order valence-electron chi connectivity index (χ1n) is 6.08. The Morgan fingerprint density at radius 1 is 1.11 bits per heavy atom. The van der Waals surface area contributed by atoms with Crippen molar-refractivity contribution in [2.24, 2.45) is 0 Å². The maximum Gasteiger partial charge on any atom is 0.387 e. The van der Waals surface area contributed by atoms with Gasteiger partial charge in [0.2, 0.25) is 0 Å². The number of halogens is 2. The van der Waals surface area contributed by atoms with E-state index in [1.165, 1.54) is 12.1 Å². The van der Waals surface area contributed by atoms with Crippen LogP contribution in [0.25, 0.3) is 0 Å². The van der Waals surface area contributed by atoms with Crippen molar-refractivity contribution in [3.05, 3.63) is 41.5 Å².